The molecular weight excluding hydrogens is 600 g/mol. The van der Waals surface area contributed by atoms with E-state index in [1.807, 2.05) is 0 Å². The Labute approximate surface area is 265 Å². The Balaban J connectivity index is 1.16. The number of amides is 4. The lowest BCUT2D eigenvalue weighted by Crippen LogP contribution is -2.58. The summed E-state index contributed by atoms with van der Waals surface area (Å²) in [5, 5.41) is 0. The van der Waals surface area contributed by atoms with Crippen LogP contribution in [-0.4, -0.2) is 122 Å². The molecule has 0 aliphatic carbocycles. The molecule has 14 nitrogen and oxygen atoms in total. The number of carbonyl (C=O) groups is 6. The molecule has 0 unspecified atom stereocenters. The van der Waals surface area contributed by atoms with Crippen molar-refractivity contribution < 1.29 is 47.7 Å². The Kier molecular flexibility index (Phi) is 11.7. The van der Waals surface area contributed by atoms with Crippen molar-refractivity contribution in [2.75, 3.05) is 66.9 Å². The number of nitrogens with zero attached hydrogens (tertiary/aromatic N) is 4. The van der Waals surface area contributed by atoms with Crippen molar-refractivity contribution in [2.45, 2.75) is 0 Å². The van der Waals surface area contributed by atoms with Crippen LogP contribution in [0.25, 0.3) is 12.2 Å². The van der Waals surface area contributed by atoms with Crippen molar-refractivity contribution in [2.24, 2.45) is 0 Å². The van der Waals surface area contributed by atoms with Crippen molar-refractivity contribution in [3.63, 3.8) is 0 Å². The number of carbonyl (C=O) groups excluding carboxylic acids is 6. The number of imide groups is 2. The molecule has 0 aromatic heterocycles. The number of hydrogen-bond donors (Lipinski definition) is 0. The molecule has 2 aromatic carbocycles. The maximum atomic E-state index is 12.6. The summed E-state index contributed by atoms with van der Waals surface area (Å²) in [6.45, 7) is -0.962. The molecule has 0 radical (unpaired) electrons. The number of ether oxygens (including phenoxy) is 4. The first kappa shape index (κ1) is 33.6. The molecule has 2 aliphatic rings. The van der Waals surface area contributed by atoms with Crippen molar-refractivity contribution in [1.29, 1.82) is 0 Å². The van der Waals surface area contributed by atoms with Crippen molar-refractivity contribution in [3.05, 3.63) is 71.8 Å². The predicted octanol–water partition coefficient (Wildman–Crippen LogP) is 0.773. The van der Waals surface area contributed by atoms with Crippen LogP contribution < -0.4 is 9.47 Å². The Morgan fingerprint density at radius 1 is 0.587 bits per heavy atom. The quantitative estimate of drug-likeness (QED) is 0.174. The minimum atomic E-state index is -0.716. The topological polar surface area (TPSA) is 152 Å². The van der Waals surface area contributed by atoms with E-state index in [1.54, 1.807) is 72.6 Å². The summed E-state index contributed by atoms with van der Waals surface area (Å²) >= 11 is 0. The molecule has 4 amide bonds. The Hall–Kier alpha value is -5.34. The molecule has 46 heavy (non-hydrogen) atoms. The fourth-order valence-corrected chi connectivity index (χ4v) is 4.49. The molecule has 0 saturated carbocycles. The maximum Gasteiger partial charge on any atom is 0.332 e. The van der Waals surface area contributed by atoms with Gasteiger partial charge in [-0.05, 0) is 47.5 Å². The van der Waals surface area contributed by atoms with Gasteiger partial charge in [0.2, 0.25) is 23.6 Å². The number of esters is 2. The van der Waals surface area contributed by atoms with Gasteiger partial charge in [-0.2, -0.15) is 0 Å². The van der Waals surface area contributed by atoms with Gasteiger partial charge in [0.15, 0.2) is 13.5 Å². The van der Waals surface area contributed by atoms with Gasteiger partial charge < -0.3 is 18.9 Å². The zero-order chi connectivity index (χ0) is 33.1. The summed E-state index contributed by atoms with van der Waals surface area (Å²) in [6.07, 6.45) is 5.46. The van der Waals surface area contributed by atoms with E-state index in [-0.39, 0.29) is 39.3 Å². The highest BCUT2D eigenvalue weighted by molar-refractivity contribution is 6.00. The highest BCUT2D eigenvalue weighted by Gasteiger charge is 2.34. The molecule has 2 fully saturated rings. The smallest absolute Gasteiger partial charge is 0.332 e. The molecule has 0 spiro atoms. The van der Waals surface area contributed by atoms with Gasteiger partial charge in [0, 0.05) is 25.2 Å². The van der Waals surface area contributed by atoms with Gasteiger partial charge in [-0.3, -0.25) is 29.0 Å². The molecule has 14 heteroatoms. The van der Waals surface area contributed by atoms with Crippen molar-refractivity contribution in [1.82, 2.24) is 19.6 Å². The molecule has 2 aliphatic heterocycles. The molecular formula is C32H34N4O10. The largest absolute Gasteiger partial charge is 0.497 e. The normalized spacial score (nSPS) is 16.4. The Morgan fingerprint density at radius 2 is 0.913 bits per heavy atom. The molecule has 242 valence electrons. The summed E-state index contributed by atoms with van der Waals surface area (Å²) in [5.41, 5.74) is 1.47. The lowest BCUT2D eigenvalue weighted by Gasteiger charge is -2.35. The zero-order valence-electron chi connectivity index (χ0n) is 25.5. The fourth-order valence-electron chi connectivity index (χ4n) is 4.49. The van der Waals surface area contributed by atoms with Gasteiger partial charge >= 0.3 is 11.9 Å². The van der Waals surface area contributed by atoms with E-state index in [1.165, 1.54) is 24.3 Å². The first-order valence-electron chi connectivity index (χ1n) is 14.2. The van der Waals surface area contributed by atoms with Crippen LogP contribution in [0.3, 0.4) is 0 Å². The summed E-state index contributed by atoms with van der Waals surface area (Å²) in [7, 11) is 3.10. The van der Waals surface area contributed by atoms with Crippen LogP contribution in [0.1, 0.15) is 11.1 Å². The first-order chi connectivity index (χ1) is 22.1. The van der Waals surface area contributed by atoms with Gasteiger partial charge in [0.05, 0.1) is 40.4 Å². The highest BCUT2D eigenvalue weighted by atomic mass is 16.6. The van der Waals surface area contributed by atoms with Gasteiger partial charge in [-0.25, -0.2) is 19.4 Å². The zero-order valence-corrected chi connectivity index (χ0v) is 25.5. The van der Waals surface area contributed by atoms with E-state index in [0.717, 1.165) is 20.9 Å². The van der Waals surface area contributed by atoms with Gasteiger partial charge in [0.1, 0.15) is 11.5 Å². The van der Waals surface area contributed by atoms with Gasteiger partial charge in [-0.1, -0.05) is 24.3 Å². The third kappa shape index (κ3) is 9.58. The Bertz CT molecular complexity index is 1350. The SMILES string of the molecule is COc1ccc(/C=C/C(=O)OCN2C(=O)CN(CCN3CC(=O)N(COC(=O)/C=C/c4ccc(OC)cc4)C(=O)C3)CC2=O)cc1. The van der Waals surface area contributed by atoms with Crippen LogP contribution in [0, 0.1) is 0 Å². The van der Waals surface area contributed by atoms with Crippen molar-refractivity contribution >= 4 is 47.7 Å². The molecule has 0 atom stereocenters. The molecule has 2 aromatic rings. The number of hydrogen-bond acceptors (Lipinski definition) is 12. The second-order valence-electron chi connectivity index (χ2n) is 10.3. The highest BCUT2D eigenvalue weighted by Crippen LogP contribution is 2.14. The van der Waals surface area contributed by atoms with E-state index in [0.29, 0.717) is 11.5 Å². The van der Waals surface area contributed by atoms with E-state index in [2.05, 4.69) is 0 Å². The summed E-state index contributed by atoms with van der Waals surface area (Å²) < 4.78 is 20.3. The number of rotatable bonds is 13. The monoisotopic (exact) mass is 634 g/mol. The molecule has 0 bridgehead atoms. The van der Waals surface area contributed by atoms with Gasteiger partial charge in [0.25, 0.3) is 0 Å². The fraction of sp³-hybridized carbons (Fsp3) is 0.312. The van der Waals surface area contributed by atoms with Crippen LogP contribution in [0.5, 0.6) is 11.5 Å². The average molecular weight is 635 g/mol. The minimum absolute atomic E-state index is 0.104. The number of piperazine rings is 2. The van der Waals surface area contributed by atoms with Gasteiger partial charge in [-0.15, -0.1) is 0 Å². The Morgan fingerprint density at radius 3 is 1.22 bits per heavy atom. The van der Waals surface area contributed by atoms with Crippen LogP contribution in [0.2, 0.25) is 0 Å². The van der Waals surface area contributed by atoms with Crippen LogP contribution in [0.15, 0.2) is 60.7 Å². The van der Waals surface area contributed by atoms with Crippen LogP contribution in [-0.2, 0) is 38.2 Å². The predicted molar refractivity (Wildman–Crippen MR) is 163 cm³/mol. The third-order valence-corrected chi connectivity index (χ3v) is 7.10. The standard InChI is InChI=1S/C32H34N4O10/c1-43-25-9-3-23(4-10-25)7-13-31(41)45-21-35-27(37)17-33(18-28(35)38)15-16-34-19-29(39)36(30(40)20-34)22-46-32(42)14-8-24-5-11-26(44-2)12-6-24/h3-14H,15-22H2,1-2H3/b13-7+,14-8+. The third-order valence-electron chi connectivity index (χ3n) is 7.10. The van der Waals surface area contributed by atoms with Crippen LogP contribution in [0.4, 0.5) is 0 Å². The lowest BCUT2D eigenvalue weighted by molar-refractivity contribution is -0.165. The summed E-state index contributed by atoms with van der Waals surface area (Å²) in [5.74, 6) is -2.24. The molecule has 0 N–H and O–H groups in total. The second kappa shape index (κ2) is 16.1. The van der Waals surface area contributed by atoms with Crippen molar-refractivity contribution in [3.8, 4) is 11.5 Å². The average Bonchev–Trinajstić information content (AvgIpc) is 3.05. The first-order valence-corrected chi connectivity index (χ1v) is 14.2. The minimum Gasteiger partial charge on any atom is -0.497 e. The molecule has 4 rings (SSSR count). The van der Waals surface area contributed by atoms with E-state index < -0.39 is 49.0 Å². The summed E-state index contributed by atoms with van der Waals surface area (Å²) in [6, 6.07) is 14.0. The maximum absolute atomic E-state index is 12.6. The van der Waals surface area contributed by atoms with Crippen LogP contribution >= 0.6 is 0 Å². The van der Waals surface area contributed by atoms with E-state index >= 15 is 0 Å². The number of methoxy groups -OCH3 is 2. The lowest BCUT2D eigenvalue weighted by atomic mass is 10.2. The molecule has 2 saturated heterocycles. The summed E-state index contributed by atoms with van der Waals surface area (Å²) in [4.78, 5) is 79.6. The number of benzene rings is 2. The second-order valence-corrected chi connectivity index (χ2v) is 10.3. The van der Waals surface area contributed by atoms with E-state index in [9.17, 15) is 28.8 Å². The van der Waals surface area contributed by atoms with E-state index in [4.69, 9.17) is 18.9 Å². The molecule has 2 heterocycles.